The molecule has 1 heterocycles. The lowest BCUT2D eigenvalue weighted by Gasteiger charge is -2.30. The first-order valence-electron chi connectivity index (χ1n) is 5.35. The Balaban J connectivity index is 0.00000196. The molecule has 1 amide bonds. The predicted octanol–water partition coefficient (Wildman–Crippen LogP) is 0.784. The number of hydrogen-bond donors (Lipinski definition) is 1. The minimum absolute atomic E-state index is 0. The molecule has 1 aliphatic rings. The summed E-state index contributed by atoms with van der Waals surface area (Å²) < 4.78 is 5.20. The molecule has 0 spiro atoms. The molecule has 1 aliphatic heterocycles. The van der Waals surface area contributed by atoms with Crippen molar-refractivity contribution in [2.24, 2.45) is 5.73 Å². The van der Waals surface area contributed by atoms with Crippen LogP contribution in [0.3, 0.4) is 0 Å². The number of carbonyl (C=O) groups excluding carboxylic acids is 1. The average molecular weight is 237 g/mol. The first-order chi connectivity index (χ1) is 6.74. The molecule has 0 radical (unpaired) electrons. The van der Waals surface area contributed by atoms with E-state index in [2.05, 4.69) is 0 Å². The lowest BCUT2D eigenvalue weighted by atomic mass is 10.1. The van der Waals surface area contributed by atoms with Gasteiger partial charge in [0.25, 0.3) is 0 Å². The molecule has 15 heavy (non-hydrogen) atoms. The van der Waals surface area contributed by atoms with Gasteiger partial charge < -0.3 is 15.4 Å². The Kier molecular flexibility index (Phi) is 7.74. The first kappa shape index (κ1) is 14.7. The van der Waals surface area contributed by atoms with Crippen molar-refractivity contribution < 1.29 is 9.53 Å². The van der Waals surface area contributed by atoms with E-state index in [9.17, 15) is 4.79 Å². The van der Waals surface area contributed by atoms with Gasteiger partial charge in [0.2, 0.25) is 5.91 Å². The number of ether oxygens (including phenoxy) is 1. The minimum Gasteiger partial charge on any atom is -0.372 e. The summed E-state index contributed by atoms with van der Waals surface area (Å²) in [5, 5.41) is 0. The zero-order chi connectivity index (χ0) is 10.4. The van der Waals surface area contributed by atoms with Crippen LogP contribution in [0, 0.1) is 0 Å². The number of rotatable bonds is 4. The highest BCUT2D eigenvalue weighted by Gasteiger charge is 2.19. The predicted molar refractivity (Wildman–Crippen MR) is 62.1 cm³/mol. The van der Waals surface area contributed by atoms with E-state index < -0.39 is 0 Å². The minimum atomic E-state index is 0. The maximum atomic E-state index is 11.5. The third kappa shape index (κ3) is 5.35. The molecule has 0 aromatic heterocycles. The number of piperidine rings is 1. The van der Waals surface area contributed by atoms with E-state index in [0.29, 0.717) is 6.61 Å². The SMILES string of the molecule is CCCOCC(=O)N1CCC(N)CC1.Cl. The molecular weight excluding hydrogens is 216 g/mol. The molecule has 0 aromatic carbocycles. The summed E-state index contributed by atoms with van der Waals surface area (Å²) >= 11 is 0. The summed E-state index contributed by atoms with van der Waals surface area (Å²) in [6, 6.07) is 0.274. The average Bonchev–Trinajstić information content (AvgIpc) is 2.19. The van der Waals surface area contributed by atoms with Gasteiger partial charge in [0, 0.05) is 25.7 Å². The van der Waals surface area contributed by atoms with Crippen LogP contribution < -0.4 is 5.73 Å². The van der Waals surface area contributed by atoms with Crippen molar-refractivity contribution in [2.45, 2.75) is 32.2 Å². The van der Waals surface area contributed by atoms with Crippen LogP contribution in [0.1, 0.15) is 26.2 Å². The fourth-order valence-electron chi connectivity index (χ4n) is 1.54. The molecule has 0 aliphatic carbocycles. The molecule has 1 rings (SSSR count). The highest BCUT2D eigenvalue weighted by molar-refractivity contribution is 5.85. The van der Waals surface area contributed by atoms with E-state index in [0.717, 1.165) is 32.4 Å². The standard InChI is InChI=1S/C10H20N2O2.ClH/c1-2-7-14-8-10(13)12-5-3-9(11)4-6-12;/h9H,2-8,11H2,1H3;1H. The molecule has 1 fully saturated rings. The van der Waals surface area contributed by atoms with Crippen LogP contribution in [0.25, 0.3) is 0 Å². The molecule has 0 atom stereocenters. The monoisotopic (exact) mass is 236 g/mol. The molecule has 1 saturated heterocycles. The van der Waals surface area contributed by atoms with Gasteiger partial charge in [-0.3, -0.25) is 4.79 Å². The molecule has 0 bridgehead atoms. The van der Waals surface area contributed by atoms with Crippen molar-refractivity contribution >= 4 is 18.3 Å². The van der Waals surface area contributed by atoms with Crippen molar-refractivity contribution in [1.82, 2.24) is 4.90 Å². The molecule has 90 valence electrons. The van der Waals surface area contributed by atoms with Crippen LogP contribution in [0.15, 0.2) is 0 Å². The topological polar surface area (TPSA) is 55.6 Å². The van der Waals surface area contributed by atoms with Gasteiger partial charge >= 0.3 is 0 Å². The van der Waals surface area contributed by atoms with Crippen molar-refractivity contribution in [3.63, 3.8) is 0 Å². The van der Waals surface area contributed by atoms with Crippen LogP contribution >= 0.6 is 12.4 Å². The van der Waals surface area contributed by atoms with Crippen LogP contribution in [0.2, 0.25) is 0 Å². The van der Waals surface area contributed by atoms with Gasteiger partial charge in [-0.25, -0.2) is 0 Å². The Labute approximate surface area is 97.5 Å². The van der Waals surface area contributed by atoms with Crippen molar-refractivity contribution in [3.8, 4) is 0 Å². The van der Waals surface area contributed by atoms with Crippen molar-refractivity contribution in [2.75, 3.05) is 26.3 Å². The summed E-state index contributed by atoms with van der Waals surface area (Å²) in [5.41, 5.74) is 5.75. The Morgan fingerprint density at radius 2 is 2.07 bits per heavy atom. The highest BCUT2D eigenvalue weighted by Crippen LogP contribution is 2.08. The fourth-order valence-corrected chi connectivity index (χ4v) is 1.54. The summed E-state index contributed by atoms with van der Waals surface area (Å²) in [4.78, 5) is 13.4. The van der Waals surface area contributed by atoms with Gasteiger partial charge in [-0.15, -0.1) is 12.4 Å². The first-order valence-corrected chi connectivity index (χ1v) is 5.35. The number of hydrogen-bond acceptors (Lipinski definition) is 3. The van der Waals surface area contributed by atoms with Gasteiger partial charge in [-0.2, -0.15) is 0 Å². The van der Waals surface area contributed by atoms with Crippen molar-refractivity contribution in [3.05, 3.63) is 0 Å². The zero-order valence-electron chi connectivity index (χ0n) is 9.28. The summed E-state index contributed by atoms with van der Waals surface area (Å²) in [6.45, 7) is 4.50. The van der Waals surface area contributed by atoms with Gasteiger partial charge in [-0.1, -0.05) is 6.92 Å². The maximum Gasteiger partial charge on any atom is 0.248 e. The van der Waals surface area contributed by atoms with E-state index in [1.54, 1.807) is 0 Å². The van der Waals surface area contributed by atoms with Crippen LogP contribution in [-0.2, 0) is 9.53 Å². The largest absolute Gasteiger partial charge is 0.372 e. The molecule has 5 heteroatoms. The lowest BCUT2D eigenvalue weighted by molar-refractivity contribution is -0.137. The Morgan fingerprint density at radius 3 is 2.60 bits per heavy atom. The Hall–Kier alpha value is -0.320. The lowest BCUT2D eigenvalue weighted by Crippen LogP contribution is -2.44. The molecule has 2 N–H and O–H groups in total. The highest BCUT2D eigenvalue weighted by atomic mass is 35.5. The number of amides is 1. The molecule has 0 unspecified atom stereocenters. The van der Waals surface area contributed by atoms with Crippen molar-refractivity contribution in [1.29, 1.82) is 0 Å². The van der Waals surface area contributed by atoms with Gasteiger partial charge in [0.05, 0.1) is 0 Å². The number of halogens is 1. The van der Waals surface area contributed by atoms with E-state index in [1.807, 2.05) is 11.8 Å². The summed E-state index contributed by atoms with van der Waals surface area (Å²) in [5.74, 6) is 0.102. The van der Waals surface area contributed by atoms with E-state index in [1.165, 1.54) is 0 Å². The fraction of sp³-hybridized carbons (Fsp3) is 0.900. The maximum absolute atomic E-state index is 11.5. The second-order valence-corrected chi connectivity index (χ2v) is 3.77. The zero-order valence-corrected chi connectivity index (χ0v) is 10.1. The van der Waals surface area contributed by atoms with Crippen LogP contribution in [0.5, 0.6) is 0 Å². The number of carbonyl (C=O) groups is 1. The van der Waals surface area contributed by atoms with Gasteiger partial charge in [0.15, 0.2) is 0 Å². The number of nitrogens with zero attached hydrogens (tertiary/aromatic N) is 1. The molecule has 4 nitrogen and oxygen atoms in total. The molecule has 0 aromatic rings. The van der Waals surface area contributed by atoms with Crippen LogP contribution in [-0.4, -0.2) is 43.2 Å². The third-order valence-corrected chi connectivity index (χ3v) is 2.47. The number of likely N-dealkylation sites (tertiary alicyclic amines) is 1. The Bertz CT molecular complexity index is 182. The second-order valence-electron chi connectivity index (χ2n) is 3.77. The third-order valence-electron chi connectivity index (χ3n) is 2.47. The molecular formula is C10H21ClN2O2. The van der Waals surface area contributed by atoms with E-state index >= 15 is 0 Å². The smallest absolute Gasteiger partial charge is 0.248 e. The molecule has 0 saturated carbocycles. The van der Waals surface area contributed by atoms with Crippen LogP contribution in [0.4, 0.5) is 0 Å². The second kappa shape index (κ2) is 7.91. The van der Waals surface area contributed by atoms with E-state index in [-0.39, 0.29) is 31.0 Å². The Morgan fingerprint density at radius 1 is 1.47 bits per heavy atom. The summed E-state index contributed by atoms with van der Waals surface area (Å²) in [7, 11) is 0. The van der Waals surface area contributed by atoms with Gasteiger partial charge in [-0.05, 0) is 19.3 Å². The van der Waals surface area contributed by atoms with Gasteiger partial charge in [0.1, 0.15) is 6.61 Å². The summed E-state index contributed by atoms with van der Waals surface area (Å²) in [6.07, 6.45) is 2.79. The number of nitrogens with two attached hydrogens (primary N) is 1. The van der Waals surface area contributed by atoms with E-state index in [4.69, 9.17) is 10.5 Å². The quantitative estimate of drug-likeness (QED) is 0.735. The normalized spacial score (nSPS) is 17.3.